The maximum atomic E-state index is 12.9. The largest absolute Gasteiger partial charge is 0.491 e. The number of hydrogen-bond donors (Lipinski definition) is 1. The predicted octanol–water partition coefficient (Wildman–Crippen LogP) is 3.10. The maximum absolute atomic E-state index is 12.9. The minimum atomic E-state index is -0.442. The summed E-state index contributed by atoms with van der Waals surface area (Å²) in [5, 5.41) is 8.28. The molecule has 9 heteroatoms. The Hall–Kier alpha value is -2.94. The summed E-state index contributed by atoms with van der Waals surface area (Å²) in [6.45, 7) is 8.35. The zero-order chi connectivity index (χ0) is 22.0. The van der Waals surface area contributed by atoms with E-state index in [1.54, 1.807) is 0 Å². The molecule has 1 N–H and O–H groups in total. The number of ether oxygens (including phenoxy) is 1. The molecule has 0 saturated carbocycles. The summed E-state index contributed by atoms with van der Waals surface area (Å²) in [6.07, 6.45) is 2.42. The summed E-state index contributed by atoms with van der Waals surface area (Å²) >= 11 is 1.35. The standard InChI is InChI=1S/C22H27N5O3S/c1-14(2)30-17-8-6-16(7-9-17)12-23-20(29)18-11-19(28)24-21-27(18)25-22(31-21)26-10-4-5-15(3)13-26/h6-9,11,14-15H,4-5,10,12-13H2,1-3H3,(H,23,29). The van der Waals surface area contributed by atoms with Crippen LogP contribution in [0, 0.1) is 5.92 Å². The summed E-state index contributed by atoms with van der Waals surface area (Å²) < 4.78 is 7.12. The average molecular weight is 442 g/mol. The summed E-state index contributed by atoms with van der Waals surface area (Å²) in [5.74, 6) is 1.02. The Kier molecular flexibility index (Phi) is 6.22. The Morgan fingerprint density at radius 1 is 1.32 bits per heavy atom. The highest BCUT2D eigenvalue weighted by Crippen LogP contribution is 2.27. The van der Waals surface area contributed by atoms with Crippen LogP contribution < -0.4 is 20.5 Å². The van der Waals surface area contributed by atoms with Crippen molar-refractivity contribution in [2.45, 2.75) is 46.3 Å². The van der Waals surface area contributed by atoms with E-state index in [0.717, 1.165) is 36.0 Å². The van der Waals surface area contributed by atoms with Crippen molar-refractivity contribution in [2.24, 2.45) is 5.92 Å². The first-order valence-corrected chi connectivity index (χ1v) is 11.4. The van der Waals surface area contributed by atoms with E-state index in [-0.39, 0.29) is 17.7 Å². The summed E-state index contributed by atoms with van der Waals surface area (Å²) in [6, 6.07) is 8.81. The monoisotopic (exact) mass is 441 g/mol. The van der Waals surface area contributed by atoms with Crippen LogP contribution in [0.4, 0.5) is 5.13 Å². The fourth-order valence-electron chi connectivity index (χ4n) is 3.69. The van der Waals surface area contributed by atoms with Gasteiger partial charge in [0.2, 0.25) is 10.1 Å². The van der Waals surface area contributed by atoms with Crippen LogP contribution >= 0.6 is 11.3 Å². The number of amides is 1. The lowest BCUT2D eigenvalue weighted by Crippen LogP contribution is -2.34. The van der Waals surface area contributed by atoms with Crippen LogP contribution in [-0.2, 0) is 6.54 Å². The summed E-state index contributed by atoms with van der Waals surface area (Å²) in [7, 11) is 0. The number of carbonyl (C=O) groups excluding carboxylic acids is 1. The van der Waals surface area contributed by atoms with E-state index in [1.807, 2.05) is 38.1 Å². The van der Waals surface area contributed by atoms with Gasteiger partial charge >= 0.3 is 0 Å². The van der Waals surface area contributed by atoms with Crippen molar-refractivity contribution in [1.82, 2.24) is 19.9 Å². The molecule has 1 aliphatic heterocycles. The first-order chi connectivity index (χ1) is 14.9. The number of rotatable bonds is 6. The van der Waals surface area contributed by atoms with Gasteiger partial charge in [-0.3, -0.25) is 9.59 Å². The lowest BCUT2D eigenvalue weighted by atomic mass is 10.0. The van der Waals surface area contributed by atoms with Crippen molar-refractivity contribution < 1.29 is 9.53 Å². The lowest BCUT2D eigenvalue weighted by Gasteiger charge is -2.30. The molecule has 3 heterocycles. The second kappa shape index (κ2) is 9.05. The zero-order valence-electron chi connectivity index (χ0n) is 18.0. The second-order valence-corrected chi connectivity index (χ2v) is 9.18. The Morgan fingerprint density at radius 3 is 2.81 bits per heavy atom. The van der Waals surface area contributed by atoms with Gasteiger partial charge in [0.05, 0.1) is 6.10 Å². The van der Waals surface area contributed by atoms with Crippen LogP contribution in [0.5, 0.6) is 5.75 Å². The van der Waals surface area contributed by atoms with Gasteiger partial charge in [0, 0.05) is 25.7 Å². The molecule has 31 heavy (non-hydrogen) atoms. The molecule has 0 spiro atoms. The van der Waals surface area contributed by atoms with Gasteiger partial charge < -0.3 is 15.0 Å². The molecule has 164 valence electrons. The van der Waals surface area contributed by atoms with Gasteiger partial charge in [0.25, 0.3) is 11.5 Å². The number of benzene rings is 1. The Bertz CT molecular complexity index is 1120. The molecule has 0 aliphatic carbocycles. The van der Waals surface area contributed by atoms with E-state index in [4.69, 9.17) is 4.74 Å². The number of anilines is 1. The third-order valence-electron chi connectivity index (χ3n) is 5.15. The second-order valence-electron chi connectivity index (χ2n) is 8.25. The number of hydrogen-bond acceptors (Lipinski definition) is 7. The van der Waals surface area contributed by atoms with Crippen molar-refractivity contribution in [2.75, 3.05) is 18.0 Å². The molecule has 2 aromatic heterocycles. The molecule has 1 saturated heterocycles. The quantitative estimate of drug-likeness (QED) is 0.632. The fourth-order valence-corrected chi connectivity index (χ4v) is 4.63. The van der Waals surface area contributed by atoms with E-state index in [2.05, 4.69) is 27.2 Å². The molecule has 0 radical (unpaired) electrons. The Morgan fingerprint density at radius 2 is 2.10 bits per heavy atom. The highest BCUT2D eigenvalue weighted by atomic mass is 32.1. The number of aromatic nitrogens is 3. The molecule has 1 amide bonds. The van der Waals surface area contributed by atoms with Crippen molar-refractivity contribution in [1.29, 1.82) is 0 Å². The maximum Gasteiger partial charge on any atom is 0.274 e. The van der Waals surface area contributed by atoms with Gasteiger partial charge in [-0.25, -0.2) is 0 Å². The molecule has 4 rings (SSSR count). The molecule has 3 aromatic rings. The Balaban J connectivity index is 1.51. The smallest absolute Gasteiger partial charge is 0.274 e. The van der Waals surface area contributed by atoms with Gasteiger partial charge in [-0.05, 0) is 50.3 Å². The molecule has 0 bridgehead atoms. The van der Waals surface area contributed by atoms with Crippen molar-refractivity contribution in [3.63, 3.8) is 0 Å². The van der Waals surface area contributed by atoms with E-state index in [0.29, 0.717) is 17.4 Å². The lowest BCUT2D eigenvalue weighted by molar-refractivity contribution is 0.0943. The molecular weight excluding hydrogens is 414 g/mol. The Labute approximate surface area is 184 Å². The normalized spacial score (nSPS) is 16.6. The van der Waals surface area contributed by atoms with Crippen molar-refractivity contribution in [3.8, 4) is 5.75 Å². The average Bonchev–Trinajstić information content (AvgIpc) is 3.16. The fraction of sp³-hybridized carbons (Fsp3) is 0.455. The zero-order valence-corrected chi connectivity index (χ0v) is 18.8. The van der Waals surface area contributed by atoms with Gasteiger partial charge in [-0.2, -0.15) is 9.50 Å². The van der Waals surface area contributed by atoms with Crippen LogP contribution in [0.25, 0.3) is 4.96 Å². The summed E-state index contributed by atoms with van der Waals surface area (Å²) in [5.41, 5.74) is 0.688. The number of nitrogens with zero attached hydrogens (tertiary/aromatic N) is 4. The minimum absolute atomic E-state index is 0.106. The number of nitrogens with one attached hydrogen (secondary N) is 1. The number of carbonyl (C=O) groups is 1. The molecule has 1 atom stereocenters. The van der Waals surface area contributed by atoms with Gasteiger partial charge in [0.15, 0.2) is 0 Å². The molecular formula is C22H27N5O3S. The minimum Gasteiger partial charge on any atom is -0.491 e. The third-order valence-corrected chi connectivity index (χ3v) is 6.12. The number of fused-ring (bicyclic) bond motifs is 1. The topological polar surface area (TPSA) is 88.8 Å². The van der Waals surface area contributed by atoms with Gasteiger partial charge in [-0.15, -0.1) is 5.10 Å². The molecule has 1 fully saturated rings. The highest BCUT2D eigenvalue weighted by Gasteiger charge is 2.22. The third kappa shape index (κ3) is 5.04. The first-order valence-electron chi connectivity index (χ1n) is 10.6. The van der Waals surface area contributed by atoms with Crippen LogP contribution in [0.3, 0.4) is 0 Å². The molecule has 1 aliphatic rings. The molecule has 1 aromatic carbocycles. The van der Waals surface area contributed by atoms with Gasteiger partial charge in [-0.1, -0.05) is 30.4 Å². The SMILES string of the molecule is CC1CCCN(c2nn3c(C(=O)NCc4ccc(OC(C)C)cc4)cc(=O)nc3s2)C1. The van der Waals surface area contributed by atoms with E-state index < -0.39 is 5.56 Å². The molecule has 8 nitrogen and oxygen atoms in total. The van der Waals surface area contributed by atoms with Crippen LogP contribution in [0.1, 0.15) is 49.7 Å². The van der Waals surface area contributed by atoms with Crippen LogP contribution in [0.2, 0.25) is 0 Å². The number of piperidine rings is 1. The van der Waals surface area contributed by atoms with E-state index >= 15 is 0 Å². The summed E-state index contributed by atoms with van der Waals surface area (Å²) in [4.78, 5) is 31.6. The molecule has 1 unspecified atom stereocenters. The van der Waals surface area contributed by atoms with Crippen LogP contribution in [-0.4, -0.2) is 39.7 Å². The van der Waals surface area contributed by atoms with E-state index in [9.17, 15) is 9.59 Å². The van der Waals surface area contributed by atoms with Crippen molar-refractivity contribution in [3.05, 3.63) is 51.9 Å². The predicted molar refractivity (Wildman–Crippen MR) is 121 cm³/mol. The first kappa shape index (κ1) is 21.3. The highest BCUT2D eigenvalue weighted by molar-refractivity contribution is 7.20. The van der Waals surface area contributed by atoms with Gasteiger partial charge in [0.1, 0.15) is 11.4 Å². The van der Waals surface area contributed by atoms with Crippen LogP contribution in [0.15, 0.2) is 35.1 Å². The van der Waals surface area contributed by atoms with Crippen molar-refractivity contribution >= 4 is 27.3 Å². The van der Waals surface area contributed by atoms with E-state index in [1.165, 1.54) is 28.3 Å².